The number of hydrogen-bond acceptors (Lipinski definition) is 6. The molecule has 9 heteroatoms. The Kier molecular flexibility index (Phi) is 6.20. The number of carbonyl (C=O) groups is 1. The molecular formula is C18H20ClN5O3. The largest absolute Gasteiger partial charge is 0.366 e. The quantitative estimate of drug-likeness (QED) is 0.557. The van der Waals surface area contributed by atoms with E-state index < -0.39 is 4.92 Å². The van der Waals surface area contributed by atoms with Gasteiger partial charge in [0.25, 0.3) is 5.69 Å². The number of carbonyl (C=O) groups excluding carboxylic acids is 1. The zero-order valence-electron chi connectivity index (χ0n) is 14.6. The highest BCUT2D eigenvalue weighted by atomic mass is 35.5. The average Bonchev–Trinajstić information content (AvgIpc) is 3.10. The molecule has 8 nitrogen and oxygen atoms in total. The summed E-state index contributed by atoms with van der Waals surface area (Å²) >= 11 is 5.83. The van der Waals surface area contributed by atoms with Crippen LogP contribution in [0, 0.1) is 10.1 Å². The molecule has 0 bridgehead atoms. The Labute approximate surface area is 161 Å². The first-order chi connectivity index (χ1) is 13.0. The highest BCUT2D eigenvalue weighted by Crippen LogP contribution is 2.17. The Hall–Kier alpha value is -2.71. The lowest BCUT2D eigenvalue weighted by atomic mass is 10.2. The second kappa shape index (κ2) is 8.79. The molecule has 1 unspecified atom stereocenters. The van der Waals surface area contributed by atoms with E-state index in [1.54, 1.807) is 30.3 Å². The fourth-order valence-electron chi connectivity index (χ4n) is 2.96. The summed E-state index contributed by atoms with van der Waals surface area (Å²) in [6.07, 6.45) is 2.58. The van der Waals surface area contributed by atoms with Crippen LogP contribution < -0.4 is 10.6 Å². The van der Waals surface area contributed by atoms with Gasteiger partial charge in [-0.3, -0.25) is 14.9 Å². The average molecular weight is 390 g/mol. The zero-order chi connectivity index (χ0) is 19.2. The molecule has 1 aromatic heterocycles. The summed E-state index contributed by atoms with van der Waals surface area (Å²) < 4.78 is 0. The first-order valence-electron chi connectivity index (χ1n) is 8.64. The van der Waals surface area contributed by atoms with Crippen LogP contribution in [0.1, 0.15) is 12.8 Å². The van der Waals surface area contributed by atoms with Crippen molar-refractivity contribution in [3.05, 3.63) is 57.7 Å². The van der Waals surface area contributed by atoms with Gasteiger partial charge >= 0.3 is 0 Å². The SMILES string of the molecule is O=C(CCN1CCC(Nc2ccc([N+](=O)[O-])cn2)C1)Nc1ccc(Cl)cc1. The third-order valence-corrected chi connectivity index (χ3v) is 4.62. The number of benzene rings is 1. The molecule has 1 fully saturated rings. The van der Waals surface area contributed by atoms with Crippen LogP contribution in [0.15, 0.2) is 42.6 Å². The van der Waals surface area contributed by atoms with Gasteiger partial charge in [0, 0.05) is 48.9 Å². The van der Waals surface area contributed by atoms with Crippen LogP contribution in [0.4, 0.5) is 17.2 Å². The van der Waals surface area contributed by atoms with Crippen molar-refractivity contribution in [3.8, 4) is 0 Å². The van der Waals surface area contributed by atoms with Gasteiger partial charge in [-0.25, -0.2) is 4.98 Å². The lowest BCUT2D eigenvalue weighted by molar-refractivity contribution is -0.385. The van der Waals surface area contributed by atoms with Gasteiger partial charge in [-0.2, -0.15) is 0 Å². The second-order valence-corrected chi connectivity index (χ2v) is 6.83. The number of rotatable bonds is 7. The predicted molar refractivity (Wildman–Crippen MR) is 104 cm³/mol. The van der Waals surface area contributed by atoms with Crippen LogP contribution >= 0.6 is 11.6 Å². The molecule has 142 valence electrons. The van der Waals surface area contributed by atoms with E-state index in [1.807, 2.05) is 0 Å². The van der Waals surface area contributed by atoms with E-state index in [1.165, 1.54) is 12.3 Å². The number of aromatic nitrogens is 1. The molecule has 1 amide bonds. The number of pyridine rings is 1. The molecule has 1 atom stereocenters. The van der Waals surface area contributed by atoms with Gasteiger partial charge in [0.05, 0.1) is 4.92 Å². The van der Waals surface area contributed by atoms with Crippen LogP contribution in [-0.4, -0.2) is 46.4 Å². The van der Waals surface area contributed by atoms with E-state index in [0.29, 0.717) is 23.8 Å². The number of nitro groups is 1. The summed E-state index contributed by atoms with van der Waals surface area (Å²) in [4.78, 5) is 28.5. The van der Waals surface area contributed by atoms with Gasteiger partial charge in [-0.05, 0) is 36.8 Å². The van der Waals surface area contributed by atoms with Crippen molar-refractivity contribution < 1.29 is 9.72 Å². The summed E-state index contributed by atoms with van der Waals surface area (Å²) in [6, 6.07) is 10.3. The summed E-state index contributed by atoms with van der Waals surface area (Å²) in [5.74, 6) is 0.582. The Morgan fingerprint density at radius 3 is 2.74 bits per heavy atom. The normalized spacial score (nSPS) is 16.9. The minimum Gasteiger partial charge on any atom is -0.366 e. The molecule has 1 aromatic carbocycles. The van der Waals surface area contributed by atoms with Crippen molar-refractivity contribution in [1.82, 2.24) is 9.88 Å². The second-order valence-electron chi connectivity index (χ2n) is 6.39. The molecule has 1 aliphatic heterocycles. The van der Waals surface area contributed by atoms with Crippen molar-refractivity contribution >= 4 is 34.7 Å². The summed E-state index contributed by atoms with van der Waals surface area (Å²) in [7, 11) is 0. The van der Waals surface area contributed by atoms with E-state index in [-0.39, 0.29) is 17.6 Å². The number of anilines is 2. The summed E-state index contributed by atoms with van der Waals surface area (Å²) in [6.45, 7) is 2.36. The zero-order valence-corrected chi connectivity index (χ0v) is 15.4. The maximum Gasteiger partial charge on any atom is 0.287 e. The fraction of sp³-hybridized carbons (Fsp3) is 0.333. The van der Waals surface area contributed by atoms with Gasteiger partial charge in [-0.15, -0.1) is 0 Å². The molecule has 1 aliphatic rings. The van der Waals surface area contributed by atoms with E-state index in [2.05, 4.69) is 20.5 Å². The van der Waals surface area contributed by atoms with E-state index in [0.717, 1.165) is 25.2 Å². The molecule has 0 radical (unpaired) electrons. The number of nitrogens with one attached hydrogen (secondary N) is 2. The highest BCUT2D eigenvalue weighted by molar-refractivity contribution is 6.30. The first kappa shape index (κ1) is 19.1. The van der Waals surface area contributed by atoms with Crippen molar-refractivity contribution in [2.45, 2.75) is 18.9 Å². The monoisotopic (exact) mass is 389 g/mol. The maximum atomic E-state index is 12.1. The smallest absolute Gasteiger partial charge is 0.287 e. The van der Waals surface area contributed by atoms with Gasteiger partial charge < -0.3 is 15.5 Å². The van der Waals surface area contributed by atoms with Crippen molar-refractivity contribution in [2.75, 3.05) is 30.3 Å². The third-order valence-electron chi connectivity index (χ3n) is 4.37. The number of halogens is 1. The predicted octanol–water partition coefficient (Wildman–Crippen LogP) is 3.16. The van der Waals surface area contributed by atoms with Crippen LogP contribution in [-0.2, 0) is 4.79 Å². The summed E-state index contributed by atoms with van der Waals surface area (Å²) in [5, 5.41) is 17.4. The minimum absolute atomic E-state index is 0.0275. The van der Waals surface area contributed by atoms with Gasteiger partial charge in [0.2, 0.25) is 5.91 Å². The lowest BCUT2D eigenvalue weighted by Crippen LogP contribution is -2.29. The Balaban J connectivity index is 1.40. The van der Waals surface area contributed by atoms with Crippen molar-refractivity contribution in [1.29, 1.82) is 0 Å². The number of likely N-dealkylation sites (tertiary alicyclic amines) is 1. The molecule has 3 rings (SSSR count). The standard InChI is InChI=1S/C18H20ClN5O3/c19-13-1-3-14(4-2-13)22-18(25)8-10-23-9-7-15(12-23)21-17-6-5-16(11-20-17)24(26)27/h1-6,11,15H,7-10,12H2,(H,20,21)(H,22,25). The Morgan fingerprint density at radius 1 is 1.30 bits per heavy atom. The fourth-order valence-corrected chi connectivity index (χ4v) is 3.08. The number of amides is 1. The number of nitrogens with zero attached hydrogens (tertiary/aromatic N) is 3. The van der Waals surface area contributed by atoms with Crippen LogP contribution in [0.5, 0.6) is 0 Å². The van der Waals surface area contributed by atoms with Crippen LogP contribution in [0.2, 0.25) is 5.02 Å². The molecule has 0 saturated carbocycles. The van der Waals surface area contributed by atoms with Gasteiger partial charge in [0.1, 0.15) is 12.0 Å². The lowest BCUT2D eigenvalue weighted by Gasteiger charge is -2.16. The molecule has 27 heavy (non-hydrogen) atoms. The van der Waals surface area contributed by atoms with Gasteiger partial charge in [-0.1, -0.05) is 11.6 Å². The topological polar surface area (TPSA) is 100 Å². The summed E-state index contributed by atoms with van der Waals surface area (Å²) in [5.41, 5.74) is 0.704. The van der Waals surface area contributed by atoms with E-state index >= 15 is 0 Å². The van der Waals surface area contributed by atoms with Crippen molar-refractivity contribution in [3.63, 3.8) is 0 Å². The highest BCUT2D eigenvalue weighted by Gasteiger charge is 2.23. The van der Waals surface area contributed by atoms with E-state index in [9.17, 15) is 14.9 Å². The molecule has 1 saturated heterocycles. The maximum absolute atomic E-state index is 12.1. The molecule has 0 spiro atoms. The Morgan fingerprint density at radius 2 is 2.07 bits per heavy atom. The first-order valence-corrected chi connectivity index (χ1v) is 9.02. The van der Waals surface area contributed by atoms with E-state index in [4.69, 9.17) is 11.6 Å². The van der Waals surface area contributed by atoms with Gasteiger partial charge in [0.15, 0.2) is 0 Å². The molecular weight excluding hydrogens is 370 g/mol. The van der Waals surface area contributed by atoms with Crippen molar-refractivity contribution in [2.24, 2.45) is 0 Å². The molecule has 0 aliphatic carbocycles. The molecule has 2 heterocycles. The molecule has 2 N–H and O–H groups in total. The minimum atomic E-state index is -0.469. The number of hydrogen-bond donors (Lipinski definition) is 2. The van der Waals surface area contributed by atoms with Crippen LogP contribution in [0.3, 0.4) is 0 Å². The Bertz CT molecular complexity index is 798. The van der Waals surface area contributed by atoms with Crippen LogP contribution in [0.25, 0.3) is 0 Å². The molecule has 2 aromatic rings. The third kappa shape index (κ3) is 5.63.